The molecule has 126 valence electrons. The third-order valence-corrected chi connectivity index (χ3v) is 3.42. The van der Waals surface area contributed by atoms with Gasteiger partial charge in [-0.15, -0.1) is 0 Å². The lowest BCUT2D eigenvalue weighted by molar-refractivity contribution is -0.120. The van der Waals surface area contributed by atoms with Gasteiger partial charge in [-0.05, 0) is 36.8 Å². The number of rotatable bonds is 6. The van der Waals surface area contributed by atoms with E-state index in [0.717, 1.165) is 5.56 Å². The molecule has 6 heteroatoms. The average molecular weight is 328 g/mol. The number of methoxy groups -OCH3 is 2. The van der Waals surface area contributed by atoms with E-state index in [4.69, 9.17) is 9.47 Å². The van der Waals surface area contributed by atoms with Gasteiger partial charge in [0, 0.05) is 11.6 Å². The summed E-state index contributed by atoms with van der Waals surface area (Å²) in [6, 6.07) is 12.0. The van der Waals surface area contributed by atoms with Crippen LogP contribution in [0.2, 0.25) is 0 Å². The third-order valence-electron chi connectivity index (χ3n) is 3.42. The molecule has 0 aliphatic heterocycles. The quantitative estimate of drug-likeness (QED) is 0.631. The Kier molecular flexibility index (Phi) is 5.78. The molecule has 0 bridgehead atoms. The van der Waals surface area contributed by atoms with E-state index in [0.29, 0.717) is 22.8 Å². The van der Waals surface area contributed by atoms with Gasteiger partial charge in [0.1, 0.15) is 17.2 Å². The summed E-state index contributed by atoms with van der Waals surface area (Å²) in [6.07, 6.45) is 0.195. The molecule has 2 aromatic rings. The molecule has 0 atom stereocenters. The molecule has 0 spiro atoms. The Balaban J connectivity index is 2.05. The van der Waals surface area contributed by atoms with E-state index in [1.165, 1.54) is 19.2 Å². The molecule has 1 amide bonds. The topological polar surface area (TPSA) is 80.2 Å². The van der Waals surface area contributed by atoms with Crippen LogP contribution < -0.4 is 14.9 Å². The largest absolute Gasteiger partial charge is 0.508 e. The van der Waals surface area contributed by atoms with E-state index in [1.807, 2.05) is 18.2 Å². The molecule has 0 fully saturated rings. The van der Waals surface area contributed by atoms with E-state index in [2.05, 4.69) is 10.5 Å². The number of hydrogen-bond donors (Lipinski definition) is 2. The Morgan fingerprint density at radius 2 is 1.96 bits per heavy atom. The van der Waals surface area contributed by atoms with Gasteiger partial charge >= 0.3 is 0 Å². The molecular weight excluding hydrogens is 308 g/mol. The smallest absolute Gasteiger partial charge is 0.244 e. The number of amides is 1. The van der Waals surface area contributed by atoms with Crippen molar-refractivity contribution in [3.8, 4) is 17.2 Å². The van der Waals surface area contributed by atoms with Crippen molar-refractivity contribution in [1.82, 2.24) is 5.43 Å². The Bertz CT molecular complexity index is 756. The first-order chi connectivity index (χ1) is 11.5. The summed E-state index contributed by atoms with van der Waals surface area (Å²) in [4.78, 5) is 12.0. The van der Waals surface area contributed by atoms with Crippen molar-refractivity contribution in [2.45, 2.75) is 13.3 Å². The van der Waals surface area contributed by atoms with E-state index in [9.17, 15) is 9.90 Å². The second-order valence-corrected chi connectivity index (χ2v) is 5.15. The van der Waals surface area contributed by atoms with E-state index < -0.39 is 0 Å². The molecule has 0 aromatic heterocycles. The maximum Gasteiger partial charge on any atom is 0.244 e. The second-order valence-electron chi connectivity index (χ2n) is 5.15. The highest BCUT2D eigenvalue weighted by Gasteiger charge is 2.09. The van der Waals surface area contributed by atoms with Gasteiger partial charge in [-0.1, -0.05) is 12.1 Å². The lowest BCUT2D eigenvalue weighted by Crippen LogP contribution is -2.21. The van der Waals surface area contributed by atoms with Crippen LogP contribution >= 0.6 is 0 Å². The highest BCUT2D eigenvalue weighted by atomic mass is 16.5. The summed E-state index contributed by atoms with van der Waals surface area (Å²) < 4.78 is 10.3. The third kappa shape index (κ3) is 4.49. The van der Waals surface area contributed by atoms with Gasteiger partial charge in [-0.2, -0.15) is 5.10 Å². The second kappa shape index (κ2) is 8.01. The zero-order valence-electron chi connectivity index (χ0n) is 13.9. The number of nitrogens with zero attached hydrogens (tertiary/aromatic N) is 1. The number of carbonyl (C=O) groups is 1. The molecular formula is C18H20N2O4. The standard InChI is InChI=1S/C18H20N2O4/c1-12(16-8-7-14(21)11-17(16)24-3)19-20-18(22)10-13-5-4-6-15(9-13)23-2/h4-9,11,21H,10H2,1-3H3,(H,20,22). The molecule has 2 rings (SSSR count). The van der Waals surface area contributed by atoms with Gasteiger partial charge in [-0.25, -0.2) is 5.43 Å². The van der Waals surface area contributed by atoms with Crippen molar-refractivity contribution < 1.29 is 19.4 Å². The van der Waals surface area contributed by atoms with Crippen LogP contribution in [-0.2, 0) is 11.2 Å². The summed E-state index contributed by atoms with van der Waals surface area (Å²) in [6.45, 7) is 1.75. The molecule has 0 saturated carbocycles. The Morgan fingerprint density at radius 1 is 1.17 bits per heavy atom. The van der Waals surface area contributed by atoms with Crippen LogP contribution in [0.1, 0.15) is 18.1 Å². The van der Waals surface area contributed by atoms with Crippen LogP contribution in [0.25, 0.3) is 0 Å². The molecule has 0 heterocycles. The van der Waals surface area contributed by atoms with Crippen molar-refractivity contribution in [2.24, 2.45) is 5.10 Å². The number of benzene rings is 2. The van der Waals surface area contributed by atoms with E-state index in [-0.39, 0.29) is 18.1 Å². The number of hydrogen-bond acceptors (Lipinski definition) is 5. The fourth-order valence-electron chi connectivity index (χ4n) is 2.19. The fraction of sp³-hybridized carbons (Fsp3) is 0.222. The average Bonchev–Trinajstić information content (AvgIpc) is 2.59. The van der Waals surface area contributed by atoms with E-state index in [1.54, 1.807) is 26.2 Å². The van der Waals surface area contributed by atoms with Crippen LogP contribution in [0.3, 0.4) is 0 Å². The summed E-state index contributed by atoms with van der Waals surface area (Å²) in [5, 5.41) is 13.6. The number of aromatic hydroxyl groups is 1. The van der Waals surface area contributed by atoms with Crippen molar-refractivity contribution >= 4 is 11.6 Å². The minimum absolute atomic E-state index is 0.102. The lowest BCUT2D eigenvalue weighted by Gasteiger charge is -2.09. The number of hydrazone groups is 1. The van der Waals surface area contributed by atoms with E-state index >= 15 is 0 Å². The maximum atomic E-state index is 12.0. The first kappa shape index (κ1) is 17.3. The molecule has 0 aliphatic carbocycles. The Labute approximate surface area is 140 Å². The number of phenols is 1. The minimum Gasteiger partial charge on any atom is -0.508 e. The van der Waals surface area contributed by atoms with Gasteiger partial charge in [-0.3, -0.25) is 4.79 Å². The van der Waals surface area contributed by atoms with Gasteiger partial charge < -0.3 is 14.6 Å². The van der Waals surface area contributed by atoms with Gasteiger partial charge in [0.15, 0.2) is 0 Å². The van der Waals surface area contributed by atoms with Crippen LogP contribution in [0.15, 0.2) is 47.6 Å². The normalized spacial score (nSPS) is 11.0. The molecule has 0 saturated heterocycles. The van der Waals surface area contributed by atoms with Crippen LogP contribution in [-0.4, -0.2) is 30.9 Å². The summed E-state index contributed by atoms with van der Waals surface area (Å²) >= 11 is 0. The maximum absolute atomic E-state index is 12.0. The van der Waals surface area contributed by atoms with Crippen LogP contribution in [0.4, 0.5) is 0 Å². The molecule has 2 N–H and O–H groups in total. The number of carbonyl (C=O) groups excluding carboxylic acids is 1. The number of ether oxygens (including phenoxy) is 2. The summed E-state index contributed by atoms with van der Waals surface area (Å²) in [5.74, 6) is 1.05. The van der Waals surface area contributed by atoms with Crippen molar-refractivity contribution in [1.29, 1.82) is 0 Å². The van der Waals surface area contributed by atoms with Crippen molar-refractivity contribution in [3.63, 3.8) is 0 Å². The molecule has 24 heavy (non-hydrogen) atoms. The number of nitrogens with one attached hydrogen (secondary N) is 1. The van der Waals surface area contributed by atoms with Crippen molar-refractivity contribution in [2.75, 3.05) is 14.2 Å². The Morgan fingerprint density at radius 3 is 2.67 bits per heavy atom. The molecule has 0 radical (unpaired) electrons. The van der Waals surface area contributed by atoms with Crippen molar-refractivity contribution in [3.05, 3.63) is 53.6 Å². The zero-order valence-corrected chi connectivity index (χ0v) is 13.9. The highest BCUT2D eigenvalue weighted by Crippen LogP contribution is 2.24. The predicted molar refractivity (Wildman–Crippen MR) is 91.7 cm³/mol. The molecule has 0 aliphatic rings. The van der Waals surface area contributed by atoms with Gasteiger partial charge in [0.05, 0.1) is 26.4 Å². The first-order valence-corrected chi connectivity index (χ1v) is 7.37. The SMILES string of the molecule is COc1cccc(CC(=O)NN=C(C)c2ccc(O)cc2OC)c1. The first-order valence-electron chi connectivity index (χ1n) is 7.37. The lowest BCUT2D eigenvalue weighted by atomic mass is 10.1. The Hall–Kier alpha value is -3.02. The minimum atomic E-state index is -0.236. The number of phenolic OH excluding ortho intramolecular Hbond substituents is 1. The van der Waals surface area contributed by atoms with Crippen LogP contribution in [0, 0.1) is 0 Å². The summed E-state index contributed by atoms with van der Waals surface area (Å²) in [7, 11) is 3.09. The zero-order chi connectivity index (χ0) is 17.5. The highest BCUT2D eigenvalue weighted by molar-refractivity contribution is 6.01. The van der Waals surface area contributed by atoms with Gasteiger partial charge in [0.25, 0.3) is 0 Å². The van der Waals surface area contributed by atoms with Crippen LogP contribution in [0.5, 0.6) is 17.2 Å². The fourth-order valence-corrected chi connectivity index (χ4v) is 2.19. The molecule has 2 aromatic carbocycles. The predicted octanol–water partition coefficient (Wildman–Crippen LogP) is 2.49. The molecule has 0 unspecified atom stereocenters. The molecule has 6 nitrogen and oxygen atoms in total. The summed E-state index contributed by atoms with van der Waals surface area (Å²) in [5.41, 5.74) is 4.62. The monoisotopic (exact) mass is 328 g/mol. The van der Waals surface area contributed by atoms with Gasteiger partial charge in [0.2, 0.25) is 5.91 Å².